The normalized spacial score (nSPS) is 11.6. The molecule has 0 fully saturated rings. The average Bonchev–Trinajstić information content (AvgIpc) is 1.98. The molecule has 0 saturated carbocycles. The third-order valence-electron chi connectivity index (χ3n) is 2.06. The maximum Gasteiger partial charge on any atom is 0.179 e. The molecule has 13 heavy (non-hydrogen) atoms. The molecule has 72 valence electrons. The topological polar surface area (TPSA) is 54.4 Å². The number of hydrogen-bond donors (Lipinski definition) is 1. The van der Waals surface area contributed by atoms with Crippen molar-refractivity contribution in [2.24, 2.45) is 0 Å². The number of phenolic OH excluding ortho intramolecular Hbond substituents is 1. The van der Waals surface area contributed by atoms with Crippen LogP contribution in [0.5, 0.6) is 5.75 Å². The van der Waals surface area contributed by atoms with Crippen molar-refractivity contribution in [3.8, 4) is 5.75 Å². The quantitative estimate of drug-likeness (QED) is 0.745. The van der Waals surface area contributed by atoms with Crippen LogP contribution in [0.25, 0.3) is 0 Å². The monoisotopic (exact) mass is 200 g/mol. The first-order valence-electron chi connectivity index (χ1n) is 3.83. The van der Waals surface area contributed by atoms with Gasteiger partial charge in [-0.15, -0.1) is 0 Å². The zero-order chi connectivity index (χ0) is 10.2. The Morgan fingerprint density at radius 3 is 2.23 bits per heavy atom. The maximum atomic E-state index is 11.2. The third-order valence-corrected chi connectivity index (χ3v) is 3.19. The fraction of sp³-hybridized carbons (Fsp3) is 0.333. The average molecular weight is 200 g/mol. The van der Waals surface area contributed by atoms with E-state index in [9.17, 15) is 13.5 Å². The lowest BCUT2D eigenvalue weighted by Crippen LogP contribution is -1.99. The predicted octanol–water partition coefficient (Wildman–Crippen LogP) is 1.41. The van der Waals surface area contributed by atoms with Gasteiger partial charge in [0.05, 0.1) is 0 Å². The molecular weight excluding hydrogens is 188 g/mol. The number of rotatable bonds is 1. The number of sulfone groups is 1. The Labute approximate surface area is 77.9 Å². The molecule has 0 aliphatic carbocycles. The van der Waals surface area contributed by atoms with Gasteiger partial charge in [-0.1, -0.05) is 6.07 Å². The van der Waals surface area contributed by atoms with E-state index in [1.54, 1.807) is 13.0 Å². The third kappa shape index (κ3) is 1.83. The van der Waals surface area contributed by atoms with E-state index in [0.29, 0.717) is 5.56 Å². The molecule has 1 rings (SSSR count). The second-order valence-electron chi connectivity index (χ2n) is 3.13. The molecule has 0 aromatic heterocycles. The van der Waals surface area contributed by atoms with Crippen LogP contribution in [-0.2, 0) is 9.84 Å². The van der Waals surface area contributed by atoms with Crippen molar-refractivity contribution in [3.63, 3.8) is 0 Å². The number of aryl methyl sites for hydroxylation is 1. The lowest BCUT2D eigenvalue weighted by atomic mass is 10.1. The lowest BCUT2D eigenvalue weighted by molar-refractivity contribution is 0.454. The first kappa shape index (κ1) is 10.1. The first-order chi connectivity index (χ1) is 5.84. The molecule has 0 atom stereocenters. The number of aromatic hydroxyl groups is 1. The Hall–Kier alpha value is -1.03. The summed E-state index contributed by atoms with van der Waals surface area (Å²) in [5.41, 5.74) is 1.49. The zero-order valence-corrected chi connectivity index (χ0v) is 8.64. The van der Waals surface area contributed by atoms with Crippen LogP contribution in [-0.4, -0.2) is 19.8 Å². The van der Waals surface area contributed by atoms with Crippen molar-refractivity contribution < 1.29 is 13.5 Å². The minimum atomic E-state index is -3.32. The summed E-state index contributed by atoms with van der Waals surface area (Å²) in [6.45, 7) is 3.51. The fourth-order valence-corrected chi connectivity index (χ4v) is 1.89. The van der Waals surface area contributed by atoms with Gasteiger partial charge >= 0.3 is 0 Å². The fourth-order valence-electron chi connectivity index (χ4n) is 1.08. The van der Waals surface area contributed by atoms with Gasteiger partial charge in [-0.05, 0) is 31.0 Å². The predicted molar refractivity (Wildman–Crippen MR) is 50.7 cm³/mol. The number of hydrogen-bond acceptors (Lipinski definition) is 3. The van der Waals surface area contributed by atoms with E-state index < -0.39 is 9.84 Å². The van der Waals surface area contributed by atoms with Gasteiger partial charge in [0.25, 0.3) is 0 Å². The highest BCUT2D eigenvalue weighted by Gasteiger charge is 2.14. The van der Waals surface area contributed by atoms with Crippen molar-refractivity contribution in [1.29, 1.82) is 0 Å². The van der Waals surface area contributed by atoms with Crippen LogP contribution in [0.3, 0.4) is 0 Å². The molecule has 0 radical (unpaired) electrons. The van der Waals surface area contributed by atoms with Gasteiger partial charge in [0.2, 0.25) is 0 Å². The highest BCUT2D eigenvalue weighted by Crippen LogP contribution is 2.28. The van der Waals surface area contributed by atoms with Crippen LogP contribution >= 0.6 is 0 Å². The molecule has 0 saturated heterocycles. The molecule has 0 unspecified atom stereocenters. The second kappa shape index (κ2) is 3.03. The smallest absolute Gasteiger partial charge is 0.179 e. The van der Waals surface area contributed by atoms with Crippen LogP contribution in [0.4, 0.5) is 0 Å². The largest absolute Gasteiger partial charge is 0.506 e. The van der Waals surface area contributed by atoms with E-state index in [2.05, 4.69) is 0 Å². The Kier molecular flexibility index (Phi) is 2.34. The molecule has 1 N–H and O–H groups in total. The van der Waals surface area contributed by atoms with E-state index in [-0.39, 0.29) is 10.6 Å². The van der Waals surface area contributed by atoms with E-state index in [4.69, 9.17) is 0 Å². The molecule has 0 aliphatic heterocycles. The highest BCUT2D eigenvalue weighted by atomic mass is 32.2. The molecule has 0 amide bonds. The molecule has 4 heteroatoms. The minimum Gasteiger partial charge on any atom is -0.506 e. The molecule has 1 aromatic rings. The van der Waals surface area contributed by atoms with Gasteiger partial charge in [0.15, 0.2) is 9.84 Å². The van der Waals surface area contributed by atoms with Gasteiger partial charge in [-0.2, -0.15) is 0 Å². The van der Waals surface area contributed by atoms with Gasteiger partial charge in [-0.3, -0.25) is 0 Å². The van der Waals surface area contributed by atoms with Crippen LogP contribution in [0.2, 0.25) is 0 Å². The van der Waals surface area contributed by atoms with Gasteiger partial charge in [0, 0.05) is 6.26 Å². The van der Waals surface area contributed by atoms with Gasteiger partial charge in [0.1, 0.15) is 10.6 Å². The second-order valence-corrected chi connectivity index (χ2v) is 5.11. The minimum absolute atomic E-state index is 0.00407. The van der Waals surface area contributed by atoms with E-state index >= 15 is 0 Å². The van der Waals surface area contributed by atoms with Crippen molar-refractivity contribution in [2.45, 2.75) is 18.7 Å². The molecule has 0 heterocycles. The van der Waals surface area contributed by atoms with E-state index in [1.165, 1.54) is 6.07 Å². The van der Waals surface area contributed by atoms with Crippen molar-refractivity contribution in [3.05, 3.63) is 23.3 Å². The summed E-state index contributed by atoms with van der Waals surface area (Å²) < 4.78 is 22.3. The summed E-state index contributed by atoms with van der Waals surface area (Å²) in [6, 6.07) is 3.11. The highest BCUT2D eigenvalue weighted by molar-refractivity contribution is 7.90. The Bertz CT molecular complexity index is 432. The van der Waals surface area contributed by atoms with Gasteiger partial charge in [-0.25, -0.2) is 8.42 Å². The Balaban J connectivity index is 3.53. The molecule has 0 aliphatic rings. The van der Waals surface area contributed by atoms with Crippen LogP contribution < -0.4 is 0 Å². The van der Waals surface area contributed by atoms with Crippen LogP contribution in [0, 0.1) is 13.8 Å². The van der Waals surface area contributed by atoms with E-state index in [1.807, 2.05) is 6.92 Å². The SMILES string of the molecule is Cc1ccc(S(C)(=O)=O)c(O)c1C. The summed E-state index contributed by atoms with van der Waals surface area (Å²) in [4.78, 5) is -0.00407. The van der Waals surface area contributed by atoms with Crippen LogP contribution in [0.1, 0.15) is 11.1 Å². The zero-order valence-electron chi connectivity index (χ0n) is 7.83. The summed E-state index contributed by atoms with van der Waals surface area (Å²) in [7, 11) is -3.32. The molecule has 0 bridgehead atoms. The van der Waals surface area contributed by atoms with Crippen LogP contribution in [0.15, 0.2) is 17.0 Å². The molecule has 0 spiro atoms. The maximum absolute atomic E-state index is 11.2. The Morgan fingerprint density at radius 1 is 1.23 bits per heavy atom. The Morgan fingerprint density at radius 2 is 1.77 bits per heavy atom. The van der Waals surface area contributed by atoms with Crippen molar-refractivity contribution in [2.75, 3.05) is 6.26 Å². The molecule has 3 nitrogen and oxygen atoms in total. The summed E-state index contributed by atoms with van der Waals surface area (Å²) >= 11 is 0. The first-order valence-corrected chi connectivity index (χ1v) is 5.72. The molecular formula is C9H12O3S. The van der Waals surface area contributed by atoms with Crippen molar-refractivity contribution in [1.82, 2.24) is 0 Å². The molecule has 1 aromatic carbocycles. The summed E-state index contributed by atoms with van der Waals surface area (Å²) in [5.74, 6) is -0.137. The lowest BCUT2D eigenvalue weighted by Gasteiger charge is -2.07. The summed E-state index contributed by atoms with van der Waals surface area (Å²) in [6.07, 6.45) is 1.08. The van der Waals surface area contributed by atoms with Crippen molar-refractivity contribution >= 4 is 9.84 Å². The number of phenols is 1. The van der Waals surface area contributed by atoms with E-state index in [0.717, 1.165) is 11.8 Å². The standard InChI is InChI=1S/C9H12O3S/c1-6-4-5-8(13(3,11)12)9(10)7(6)2/h4-5,10H,1-3H3. The number of benzene rings is 1. The van der Waals surface area contributed by atoms with Gasteiger partial charge < -0.3 is 5.11 Å². The summed E-state index contributed by atoms with van der Waals surface area (Å²) in [5, 5.41) is 9.53.